The first-order valence-corrected chi connectivity index (χ1v) is 16.0. The second kappa shape index (κ2) is 16.9. The fourth-order valence-corrected chi connectivity index (χ4v) is 5.32. The van der Waals surface area contributed by atoms with E-state index in [2.05, 4.69) is 65.8 Å². The number of ether oxygens (including phenoxy) is 7. The molecule has 2 aromatic carbocycles. The van der Waals surface area contributed by atoms with E-state index in [1.54, 1.807) is 9.36 Å². The third-order valence-electron chi connectivity index (χ3n) is 6.10. The summed E-state index contributed by atoms with van der Waals surface area (Å²) in [4.78, 5) is 0. The van der Waals surface area contributed by atoms with Crippen molar-refractivity contribution < 1.29 is 33.2 Å². The molecular weight excluding hydrogens is 786 g/mol. The quantitative estimate of drug-likeness (QED) is 0.241. The van der Waals surface area contributed by atoms with E-state index in [0.717, 1.165) is 30.4 Å². The molecule has 0 saturated heterocycles. The van der Waals surface area contributed by atoms with Crippen molar-refractivity contribution in [3.8, 4) is 34.4 Å². The van der Waals surface area contributed by atoms with Crippen LogP contribution in [0, 0.1) is 7.40 Å². The Labute approximate surface area is 276 Å². The van der Waals surface area contributed by atoms with Crippen LogP contribution in [0.25, 0.3) is 11.4 Å². The molecule has 0 atom stereocenters. The molecule has 0 fully saturated rings. The lowest BCUT2D eigenvalue weighted by atomic mass is 10.3. The first-order valence-electron chi connectivity index (χ1n) is 13.8. The molecule has 0 spiro atoms. The summed E-state index contributed by atoms with van der Waals surface area (Å²) < 4.78 is 45.3. The van der Waals surface area contributed by atoms with Crippen molar-refractivity contribution in [3.05, 3.63) is 55.9 Å². The van der Waals surface area contributed by atoms with Gasteiger partial charge in [0.05, 0.1) is 52.7 Å². The van der Waals surface area contributed by atoms with Crippen molar-refractivity contribution in [1.29, 1.82) is 0 Å². The zero-order valence-corrected chi connectivity index (χ0v) is 27.7. The summed E-state index contributed by atoms with van der Waals surface area (Å²) in [6.45, 7) is 5.70. The highest BCUT2D eigenvalue weighted by Crippen LogP contribution is 2.26. The van der Waals surface area contributed by atoms with Crippen LogP contribution in [-0.2, 0) is 27.3 Å². The number of hydrogen-bond donors (Lipinski definition) is 0. The molecule has 8 bridgehead atoms. The minimum atomic E-state index is 0.426. The Morgan fingerprint density at radius 2 is 0.744 bits per heavy atom. The molecule has 4 aliphatic rings. The second-order valence-electron chi connectivity index (χ2n) is 9.08. The molecule has 13 nitrogen and oxygen atoms in total. The molecule has 4 aromatic rings. The lowest BCUT2D eigenvalue weighted by molar-refractivity contribution is 0.00498. The Balaban J connectivity index is 1.18. The van der Waals surface area contributed by atoms with Gasteiger partial charge < -0.3 is 33.2 Å². The van der Waals surface area contributed by atoms with E-state index in [-0.39, 0.29) is 0 Å². The lowest BCUT2D eigenvalue weighted by Gasteiger charge is -2.10. The molecule has 8 rings (SSSR count). The van der Waals surface area contributed by atoms with Gasteiger partial charge >= 0.3 is 0 Å². The monoisotopic (exact) mass is 818 g/mol. The van der Waals surface area contributed by atoms with E-state index in [4.69, 9.17) is 33.2 Å². The van der Waals surface area contributed by atoms with Crippen LogP contribution < -0.4 is 18.9 Å². The van der Waals surface area contributed by atoms with Gasteiger partial charge in [-0.1, -0.05) is 10.4 Å². The molecule has 230 valence electrons. The number of hydrogen-bond acceptors (Lipinski definition) is 11. The Hall–Kier alpha value is -2.74. The maximum Gasteiger partial charge on any atom is 0.149 e. The number of rotatable bonds is 0. The highest BCUT2D eigenvalue weighted by atomic mass is 127. The van der Waals surface area contributed by atoms with Crippen molar-refractivity contribution in [2.75, 3.05) is 66.1 Å². The van der Waals surface area contributed by atoms with E-state index in [9.17, 15) is 0 Å². The number of benzene rings is 2. The van der Waals surface area contributed by atoms with Crippen LogP contribution in [0.2, 0.25) is 0 Å². The molecular formula is C28H32I2N6O7. The Morgan fingerprint density at radius 1 is 0.442 bits per heavy atom. The van der Waals surface area contributed by atoms with Gasteiger partial charge in [0.2, 0.25) is 0 Å². The van der Waals surface area contributed by atoms with Crippen molar-refractivity contribution >= 4 is 45.2 Å². The van der Waals surface area contributed by atoms with Gasteiger partial charge in [-0.25, -0.2) is 9.36 Å². The van der Waals surface area contributed by atoms with Crippen LogP contribution in [0.5, 0.6) is 23.0 Å². The summed E-state index contributed by atoms with van der Waals surface area (Å²) in [6, 6.07) is 15.0. The summed E-state index contributed by atoms with van der Waals surface area (Å²) in [5, 5.41) is 17.3. The average Bonchev–Trinajstić information content (AvgIpc) is 3.57. The maximum atomic E-state index is 5.91. The summed E-state index contributed by atoms with van der Waals surface area (Å²) in [5.74, 6) is 2.97. The zero-order valence-electron chi connectivity index (χ0n) is 23.4. The molecule has 0 radical (unpaired) electrons. The summed E-state index contributed by atoms with van der Waals surface area (Å²) >= 11 is 4.45. The lowest BCUT2D eigenvalue weighted by Crippen LogP contribution is -2.14. The third-order valence-corrected chi connectivity index (χ3v) is 8.24. The van der Waals surface area contributed by atoms with Crippen LogP contribution in [0.4, 0.5) is 0 Å². The van der Waals surface area contributed by atoms with Crippen LogP contribution in [0.3, 0.4) is 0 Å². The van der Waals surface area contributed by atoms with E-state index >= 15 is 0 Å². The minimum absolute atomic E-state index is 0.426. The van der Waals surface area contributed by atoms with Gasteiger partial charge in [-0.2, -0.15) is 0 Å². The SMILES string of the molecule is Ic1c2nnn1CCOc1ccc(cc1)OCCOCCOCCOCCOc1ccc(cc1)OCCn1nnc-2c1I. The highest BCUT2D eigenvalue weighted by molar-refractivity contribution is 14.1. The van der Waals surface area contributed by atoms with Gasteiger partial charge in [0.15, 0.2) is 0 Å². The maximum absolute atomic E-state index is 5.91. The molecule has 6 heterocycles. The van der Waals surface area contributed by atoms with Crippen molar-refractivity contribution in [2.24, 2.45) is 0 Å². The fourth-order valence-electron chi connectivity index (χ4n) is 3.92. The number of nitrogens with zero attached hydrogens (tertiary/aromatic N) is 6. The van der Waals surface area contributed by atoms with Crippen molar-refractivity contribution in [3.63, 3.8) is 0 Å². The number of aromatic nitrogens is 6. The molecule has 43 heavy (non-hydrogen) atoms. The minimum Gasteiger partial charge on any atom is -0.492 e. The Kier molecular flexibility index (Phi) is 12.5. The number of halogens is 2. The molecule has 0 amide bonds. The van der Waals surface area contributed by atoms with Crippen LogP contribution in [0.1, 0.15) is 0 Å². The van der Waals surface area contributed by atoms with Gasteiger partial charge in [0, 0.05) is 0 Å². The molecule has 4 aliphatic heterocycles. The van der Waals surface area contributed by atoms with E-state index in [1.807, 2.05) is 48.5 Å². The molecule has 0 N–H and O–H groups in total. The van der Waals surface area contributed by atoms with Crippen molar-refractivity contribution in [1.82, 2.24) is 30.0 Å². The van der Waals surface area contributed by atoms with Crippen molar-refractivity contribution in [2.45, 2.75) is 13.1 Å². The first kappa shape index (κ1) is 31.7. The molecule has 0 aliphatic carbocycles. The smallest absolute Gasteiger partial charge is 0.149 e. The Bertz CT molecular complexity index is 1300. The second-order valence-corrected chi connectivity index (χ2v) is 11.1. The predicted octanol–water partition coefficient (Wildman–Crippen LogP) is 3.72. The van der Waals surface area contributed by atoms with E-state index in [1.165, 1.54) is 0 Å². The van der Waals surface area contributed by atoms with Crippen LogP contribution in [0.15, 0.2) is 48.5 Å². The topological polar surface area (TPSA) is 126 Å². The summed E-state index contributed by atoms with van der Waals surface area (Å²) in [7, 11) is 0. The largest absolute Gasteiger partial charge is 0.492 e. The summed E-state index contributed by atoms with van der Waals surface area (Å²) in [6.07, 6.45) is 0. The molecule has 15 heteroatoms. The van der Waals surface area contributed by atoms with Crippen LogP contribution >= 0.6 is 45.2 Å². The van der Waals surface area contributed by atoms with Gasteiger partial charge in [-0.3, -0.25) is 0 Å². The molecule has 0 unspecified atom stereocenters. The third kappa shape index (κ3) is 9.62. The highest BCUT2D eigenvalue weighted by Gasteiger charge is 2.20. The normalized spacial score (nSPS) is 16.4. The van der Waals surface area contributed by atoms with Gasteiger partial charge in [0.1, 0.15) is 68.2 Å². The van der Waals surface area contributed by atoms with Gasteiger partial charge in [-0.05, 0) is 93.7 Å². The summed E-state index contributed by atoms with van der Waals surface area (Å²) in [5.41, 5.74) is 1.36. The standard InChI is InChI=1S/C28H32I2N6O7/c29-27-25-26-28(30)36(34-32-26)10-12-41-22-3-7-24(8-4-22)43-20-18-39-16-14-37-13-15-38-17-19-42-23-5-1-21(2-6-23)40-11-9-35(27)33-31-25/h1-8H,9-20H2. The van der Waals surface area contributed by atoms with Gasteiger partial charge in [-0.15, -0.1) is 10.2 Å². The molecule has 0 saturated carbocycles. The molecule has 2 aromatic heterocycles. The van der Waals surface area contributed by atoms with E-state index in [0.29, 0.717) is 90.5 Å². The average molecular weight is 818 g/mol. The van der Waals surface area contributed by atoms with Gasteiger partial charge in [0.25, 0.3) is 0 Å². The zero-order chi connectivity index (χ0) is 29.7. The Morgan fingerprint density at radius 3 is 1.09 bits per heavy atom. The predicted molar refractivity (Wildman–Crippen MR) is 172 cm³/mol. The van der Waals surface area contributed by atoms with Crippen LogP contribution in [-0.4, -0.2) is 96.1 Å². The van der Waals surface area contributed by atoms with E-state index < -0.39 is 0 Å². The first-order chi connectivity index (χ1) is 21.2. The fraction of sp³-hybridized carbons (Fsp3) is 0.429.